The predicted molar refractivity (Wildman–Crippen MR) is 154 cm³/mol. The average Bonchev–Trinajstić information content (AvgIpc) is 3.23. The first-order valence-electron chi connectivity index (χ1n) is 16.0. The minimum absolute atomic E-state index is 0.643. The van der Waals surface area contributed by atoms with Gasteiger partial charge in [-0.05, 0) is 25.7 Å². The SMILES string of the molecule is CCCCCCCCCCCCN1C=CN(CCCCCCCCC)C1CCCCCCCC. The summed E-state index contributed by atoms with van der Waals surface area (Å²) in [5.41, 5.74) is 0. The van der Waals surface area contributed by atoms with Gasteiger partial charge in [-0.3, -0.25) is 0 Å². The Balaban J connectivity index is 2.24. The quantitative estimate of drug-likeness (QED) is 0.114. The topological polar surface area (TPSA) is 6.48 Å². The molecule has 0 aliphatic carbocycles. The molecule has 1 aliphatic heterocycles. The third-order valence-electron chi connectivity index (χ3n) is 7.82. The zero-order valence-electron chi connectivity index (χ0n) is 24.0. The number of hydrogen-bond donors (Lipinski definition) is 0. The lowest BCUT2D eigenvalue weighted by atomic mass is 10.1. The van der Waals surface area contributed by atoms with E-state index in [4.69, 9.17) is 0 Å². The highest BCUT2D eigenvalue weighted by molar-refractivity contribution is 4.97. The fraction of sp³-hybridized carbons (Fsp3) is 0.938. The molecule has 0 saturated carbocycles. The average molecular weight is 477 g/mol. The van der Waals surface area contributed by atoms with Crippen molar-refractivity contribution in [3.63, 3.8) is 0 Å². The fourth-order valence-electron chi connectivity index (χ4n) is 5.48. The predicted octanol–water partition coefficient (Wildman–Crippen LogP) is 10.8. The second-order valence-electron chi connectivity index (χ2n) is 11.1. The monoisotopic (exact) mass is 477 g/mol. The van der Waals surface area contributed by atoms with Gasteiger partial charge >= 0.3 is 0 Å². The van der Waals surface area contributed by atoms with Crippen molar-refractivity contribution in [1.29, 1.82) is 0 Å². The van der Waals surface area contributed by atoms with Gasteiger partial charge in [-0.1, -0.05) is 149 Å². The van der Waals surface area contributed by atoms with Crippen molar-refractivity contribution in [2.75, 3.05) is 13.1 Å². The molecule has 0 N–H and O–H groups in total. The molecule has 0 fully saturated rings. The Kier molecular flexibility index (Phi) is 22.2. The maximum atomic E-state index is 2.69. The Morgan fingerprint density at radius 2 is 0.676 bits per heavy atom. The van der Waals surface area contributed by atoms with Crippen molar-refractivity contribution in [2.45, 2.75) is 181 Å². The Morgan fingerprint density at radius 3 is 1.03 bits per heavy atom. The third kappa shape index (κ3) is 16.9. The minimum Gasteiger partial charge on any atom is -0.356 e. The molecule has 0 saturated heterocycles. The van der Waals surface area contributed by atoms with Crippen molar-refractivity contribution < 1.29 is 0 Å². The fourth-order valence-corrected chi connectivity index (χ4v) is 5.48. The molecule has 0 spiro atoms. The van der Waals surface area contributed by atoms with Crippen molar-refractivity contribution >= 4 is 0 Å². The van der Waals surface area contributed by atoms with E-state index in [1.807, 2.05) is 0 Å². The molecule has 202 valence electrons. The summed E-state index contributed by atoms with van der Waals surface area (Å²) in [7, 11) is 0. The van der Waals surface area contributed by atoms with Crippen LogP contribution in [0.1, 0.15) is 175 Å². The zero-order chi connectivity index (χ0) is 24.5. The van der Waals surface area contributed by atoms with Crippen LogP contribution in [0.25, 0.3) is 0 Å². The molecule has 34 heavy (non-hydrogen) atoms. The zero-order valence-corrected chi connectivity index (χ0v) is 24.0. The Morgan fingerprint density at radius 1 is 0.382 bits per heavy atom. The molecule has 2 nitrogen and oxygen atoms in total. The maximum absolute atomic E-state index is 2.69. The summed E-state index contributed by atoms with van der Waals surface area (Å²) >= 11 is 0. The molecular formula is C32H64N2. The van der Waals surface area contributed by atoms with Gasteiger partial charge < -0.3 is 9.80 Å². The molecule has 0 bridgehead atoms. The number of unbranched alkanes of at least 4 members (excludes halogenated alkanes) is 20. The Bertz CT molecular complexity index is 433. The van der Waals surface area contributed by atoms with Crippen LogP contribution < -0.4 is 0 Å². The van der Waals surface area contributed by atoms with Crippen molar-refractivity contribution in [1.82, 2.24) is 9.80 Å². The Hall–Kier alpha value is -0.660. The van der Waals surface area contributed by atoms with E-state index in [1.54, 1.807) is 0 Å². The molecule has 0 radical (unpaired) electrons. The summed E-state index contributed by atoms with van der Waals surface area (Å²) < 4.78 is 0. The molecule has 1 unspecified atom stereocenters. The van der Waals surface area contributed by atoms with Crippen LogP contribution >= 0.6 is 0 Å². The van der Waals surface area contributed by atoms with Crippen molar-refractivity contribution in [3.8, 4) is 0 Å². The summed E-state index contributed by atoms with van der Waals surface area (Å²) in [6.45, 7) is 9.46. The highest BCUT2D eigenvalue weighted by Gasteiger charge is 2.24. The summed E-state index contributed by atoms with van der Waals surface area (Å²) in [4.78, 5) is 5.38. The van der Waals surface area contributed by atoms with E-state index in [0.717, 1.165) is 0 Å². The van der Waals surface area contributed by atoms with E-state index in [2.05, 4.69) is 43.0 Å². The van der Waals surface area contributed by atoms with E-state index in [9.17, 15) is 0 Å². The highest BCUT2D eigenvalue weighted by Crippen LogP contribution is 2.24. The summed E-state index contributed by atoms with van der Waals surface area (Å²) in [5.74, 6) is 0. The van der Waals surface area contributed by atoms with E-state index < -0.39 is 0 Å². The van der Waals surface area contributed by atoms with E-state index in [-0.39, 0.29) is 0 Å². The summed E-state index contributed by atoms with van der Waals surface area (Å²) in [5, 5.41) is 0. The second kappa shape index (κ2) is 24.1. The van der Waals surface area contributed by atoms with Crippen LogP contribution in [0.15, 0.2) is 12.4 Å². The lowest BCUT2D eigenvalue weighted by Gasteiger charge is -2.33. The molecule has 1 rings (SSSR count). The number of nitrogens with zero attached hydrogens (tertiary/aromatic N) is 2. The van der Waals surface area contributed by atoms with Crippen LogP contribution in [-0.2, 0) is 0 Å². The molecular weight excluding hydrogens is 412 g/mol. The number of rotatable bonds is 26. The summed E-state index contributed by atoms with van der Waals surface area (Å²) in [6, 6.07) is 0. The normalized spacial score (nSPS) is 15.7. The molecule has 2 heteroatoms. The van der Waals surface area contributed by atoms with Gasteiger partial charge in [0.25, 0.3) is 0 Å². The molecule has 0 aromatic rings. The first-order valence-corrected chi connectivity index (χ1v) is 16.0. The highest BCUT2D eigenvalue weighted by atomic mass is 15.4. The smallest absolute Gasteiger partial charge is 0.101 e. The van der Waals surface area contributed by atoms with Crippen LogP contribution in [0, 0.1) is 0 Å². The van der Waals surface area contributed by atoms with Crippen LogP contribution in [-0.4, -0.2) is 29.1 Å². The van der Waals surface area contributed by atoms with Gasteiger partial charge in [-0.25, -0.2) is 0 Å². The summed E-state index contributed by atoms with van der Waals surface area (Å²) in [6.07, 6.45) is 39.5. The lowest BCUT2D eigenvalue weighted by molar-refractivity contribution is 0.135. The molecule has 0 amide bonds. The second-order valence-corrected chi connectivity index (χ2v) is 11.1. The van der Waals surface area contributed by atoms with Gasteiger partial charge in [-0.15, -0.1) is 0 Å². The minimum atomic E-state index is 0.643. The first-order chi connectivity index (χ1) is 16.8. The standard InChI is InChI=1S/C32H64N2/c1-4-7-10-13-16-17-18-20-23-26-29-34-31-30-33(28-25-22-19-14-11-8-5-2)32(34)27-24-21-15-12-9-6-3/h30-32H,4-29H2,1-3H3. The van der Waals surface area contributed by atoms with Gasteiger partial charge in [0, 0.05) is 25.5 Å². The maximum Gasteiger partial charge on any atom is 0.101 e. The van der Waals surface area contributed by atoms with Gasteiger partial charge in [0.05, 0.1) is 0 Å². The van der Waals surface area contributed by atoms with E-state index in [0.29, 0.717) is 6.17 Å². The molecule has 0 aromatic heterocycles. The molecule has 1 heterocycles. The molecule has 1 atom stereocenters. The largest absolute Gasteiger partial charge is 0.356 e. The molecule has 1 aliphatic rings. The van der Waals surface area contributed by atoms with Gasteiger partial charge in [0.2, 0.25) is 0 Å². The molecule has 0 aromatic carbocycles. The van der Waals surface area contributed by atoms with Crippen molar-refractivity contribution in [3.05, 3.63) is 12.4 Å². The Labute approximate surface area is 216 Å². The van der Waals surface area contributed by atoms with Crippen LogP contribution in [0.4, 0.5) is 0 Å². The third-order valence-corrected chi connectivity index (χ3v) is 7.82. The number of hydrogen-bond acceptors (Lipinski definition) is 2. The lowest BCUT2D eigenvalue weighted by Crippen LogP contribution is -2.39. The van der Waals surface area contributed by atoms with Crippen LogP contribution in [0.3, 0.4) is 0 Å². The van der Waals surface area contributed by atoms with E-state index in [1.165, 1.54) is 167 Å². The van der Waals surface area contributed by atoms with E-state index >= 15 is 0 Å². The van der Waals surface area contributed by atoms with Crippen LogP contribution in [0.5, 0.6) is 0 Å². The van der Waals surface area contributed by atoms with Gasteiger partial charge in [0.1, 0.15) is 6.17 Å². The van der Waals surface area contributed by atoms with Crippen LogP contribution in [0.2, 0.25) is 0 Å². The van der Waals surface area contributed by atoms with Gasteiger partial charge in [-0.2, -0.15) is 0 Å². The van der Waals surface area contributed by atoms with Gasteiger partial charge in [0.15, 0.2) is 0 Å². The first kappa shape index (κ1) is 31.4. The van der Waals surface area contributed by atoms with Crippen molar-refractivity contribution in [2.24, 2.45) is 0 Å².